The van der Waals surface area contributed by atoms with Crippen molar-refractivity contribution in [1.29, 1.82) is 0 Å². The Hall–Kier alpha value is -9.60. The third kappa shape index (κ3) is 32.6. The van der Waals surface area contributed by atoms with Gasteiger partial charge in [0.1, 0.15) is 0 Å². The number of benzene rings is 1. The first-order chi connectivity index (χ1) is 55.2. The molecule has 12 nitrogen and oxygen atoms in total. The Labute approximate surface area is 745 Å². The molecule has 13 aromatic rings. The van der Waals surface area contributed by atoms with Crippen molar-refractivity contribution < 1.29 is 260 Å². The molecule has 0 spiro atoms. The summed E-state index contributed by atoms with van der Waals surface area (Å²) in [6.45, 7) is 0. The zero-order chi connectivity index (χ0) is 89.8. The van der Waals surface area contributed by atoms with Crippen LogP contribution in [0.3, 0.4) is 0 Å². The monoisotopic (exact) mass is 2130 g/mol. The van der Waals surface area contributed by atoms with Gasteiger partial charge in [-0.1, -0.05) is 178 Å². The molecule has 0 fully saturated rings. The average molecular weight is 2130 g/mol. The molecule has 12 aromatic heterocycles. The summed E-state index contributed by atoms with van der Waals surface area (Å²) in [5.74, 6) is 0. The fraction of sp³-hybridized carbons (Fsp3) is 0.167. The molecule has 0 N–H and O–H groups in total. The van der Waals surface area contributed by atoms with Crippen molar-refractivity contribution in [3.63, 3.8) is 0 Å². The van der Waals surface area contributed by atoms with E-state index in [1.165, 1.54) is 110 Å². The molecule has 1 aromatic carbocycles. The number of hydrogen-bond acceptors (Lipinski definition) is 6. The number of nitrogens with zero attached hydrogens (tertiary/aromatic N) is 12. The zero-order valence-corrected chi connectivity index (χ0v) is 65.2. The van der Waals surface area contributed by atoms with E-state index in [2.05, 4.69) is 59.8 Å². The predicted octanol–water partition coefficient (Wildman–Crippen LogP) is 24.1. The van der Waals surface area contributed by atoms with Gasteiger partial charge < -0.3 is 29.9 Å². The Morgan fingerprint density at radius 1 is 0.151 bits per heavy atom. The van der Waals surface area contributed by atoms with Crippen LogP contribution in [0.1, 0.15) is 67.5 Å². The maximum Gasteiger partial charge on any atom is 1.00 e. The number of rotatable bonds is 6. The van der Waals surface area contributed by atoms with Gasteiger partial charge in [-0.2, -0.15) is 158 Å². The molecular formula is C72H36Cu6F36N12. The van der Waals surface area contributed by atoms with E-state index in [1.807, 2.05) is 36.4 Å². The largest absolute Gasteiger partial charge is 1.00 e. The first-order valence-corrected chi connectivity index (χ1v) is 31.6. The molecule has 702 valence electrons. The summed E-state index contributed by atoms with van der Waals surface area (Å²) in [7, 11) is 0. The number of alkyl halides is 36. The van der Waals surface area contributed by atoms with Crippen molar-refractivity contribution in [1.82, 2.24) is 59.8 Å². The van der Waals surface area contributed by atoms with Gasteiger partial charge in [-0.25, -0.2) is 0 Å². The molecule has 0 unspecified atom stereocenters. The van der Waals surface area contributed by atoms with E-state index in [0.29, 0.717) is 0 Å². The van der Waals surface area contributed by atoms with Crippen LogP contribution >= 0.6 is 0 Å². The van der Waals surface area contributed by atoms with Gasteiger partial charge >= 0.3 is 177 Å². The second-order valence-electron chi connectivity index (χ2n) is 22.8. The second kappa shape index (κ2) is 45.4. The average Bonchev–Trinajstić information content (AvgIpc) is 1.67. The second-order valence-corrected chi connectivity index (χ2v) is 22.8. The van der Waals surface area contributed by atoms with Crippen molar-refractivity contribution in [2.45, 2.75) is 74.1 Å². The summed E-state index contributed by atoms with van der Waals surface area (Å²) in [6, 6.07) is 35.7. The van der Waals surface area contributed by atoms with Crippen LogP contribution in [0.5, 0.6) is 0 Å². The minimum absolute atomic E-state index is 0. The van der Waals surface area contributed by atoms with E-state index < -0.39 is 176 Å². The first kappa shape index (κ1) is 114. The topological polar surface area (TPSA) is 162 Å². The summed E-state index contributed by atoms with van der Waals surface area (Å²) in [6.07, 6.45) is -52.1. The summed E-state index contributed by atoms with van der Waals surface area (Å²) in [5, 5.41) is 0. The molecule has 0 saturated heterocycles. The number of aromatic nitrogens is 12. The van der Waals surface area contributed by atoms with E-state index in [4.69, 9.17) is 0 Å². The van der Waals surface area contributed by atoms with Gasteiger partial charge in [-0.05, 0) is 72.8 Å². The molecule has 0 saturated carbocycles. The van der Waals surface area contributed by atoms with E-state index in [-0.39, 0.29) is 173 Å². The van der Waals surface area contributed by atoms with Crippen LogP contribution in [0.2, 0.25) is 0 Å². The predicted molar refractivity (Wildman–Crippen MR) is 344 cm³/mol. The molecule has 0 amide bonds. The van der Waals surface area contributed by atoms with Gasteiger partial charge in [0.2, 0.25) is 0 Å². The minimum Gasteiger partial charge on any atom is -0.652 e. The van der Waals surface area contributed by atoms with E-state index in [1.54, 1.807) is 0 Å². The Morgan fingerprint density at radius 2 is 0.262 bits per heavy atom. The molecule has 0 aliphatic heterocycles. The molecule has 0 aliphatic carbocycles. The van der Waals surface area contributed by atoms with Gasteiger partial charge in [-0.15, -0.1) is 0 Å². The zero-order valence-electron chi connectivity index (χ0n) is 59.6. The van der Waals surface area contributed by atoms with Gasteiger partial charge in [0.15, 0.2) is 0 Å². The van der Waals surface area contributed by atoms with E-state index in [0.717, 1.165) is 36.4 Å². The van der Waals surface area contributed by atoms with Gasteiger partial charge in [0.25, 0.3) is 0 Å². The van der Waals surface area contributed by atoms with Crippen molar-refractivity contribution in [3.05, 3.63) is 287 Å². The summed E-state index contributed by atoms with van der Waals surface area (Å²) in [4.78, 5) is 39.6. The van der Waals surface area contributed by atoms with Crippen LogP contribution in [-0.4, -0.2) is 29.9 Å². The molecule has 0 atom stereocenters. The molecule has 126 heavy (non-hydrogen) atoms. The number of hydrogen-bond donors (Lipinski definition) is 0. The third-order valence-corrected chi connectivity index (χ3v) is 14.3. The summed E-state index contributed by atoms with van der Waals surface area (Å²) < 4.78 is 452. The molecule has 0 bridgehead atoms. The Balaban J connectivity index is 0.000000738. The summed E-state index contributed by atoms with van der Waals surface area (Å²) >= 11 is 0. The molecule has 12 heterocycles. The Bertz CT molecular complexity index is 4520. The van der Waals surface area contributed by atoms with Crippen molar-refractivity contribution >= 4 is 0 Å². The van der Waals surface area contributed by atoms with Gasteiger partial charge in [0.05, 0.1) is 0 Å². The van der Waals surface area contributed by atoms with Crippen LogP contribution in [0.4, 0.5) is 158 Å². The number of halogens is 36. The maximum absolute atomic E-state index is 12.7. The van der Waals surface area contributed by atoms with E-state index in [9.17, 15) is 158 Å². The Morgan fingerprint density at radius 3 is 0.341 bits per heavy atom. The van der Waals surface area contributed by atoms with E-state index >= 15 is 0 Å². The minimum atomic E-state index is -4.94. The summed E-state index contributed by atoms with van der Waals surface area (Å²) in [5.41, 5.74) is -24.6. The van der Waals surface area contributed by atoms with Crippen molar-refractivity contribution in [3.8, 4) is 68.3 Å². The van der Waals surface area contributed by atoms with Crippen LogP contribution in [0.15, 0.2) is 219 Å². The smallest absolute Gasteiger partial charge is 0.652 e. The normalized spacial score (nSPS) is 11.9. The van der Waals surface area contributed by atoms with Crippen LogP contribution < -0.4 is 29.9 Å². The molecular weight excluding hydrogens is 2100 g/mol. The maximum atomic E-state index is 12.7. The standard InChI is InChI=1S/6C11H5F6N2.C6H6.6Cu/c6*12-10(13,14)6-5-8(11(15,16)17)19-9(6)7-3-1-2-4-18-7;1-2-4-6-5-3-1;;;;;;/h6*1-5H;1-6H;;;;;;/q6*-1;;6*+1. The fourth-order valence-corrected chi connectivity index (χ4v) is 9.25. The quantitative estimate of drug-likeness (QED) is 0.115. The van der Waals surface area contributed by atoms with Crippen LogP contribution in [-0.2, 0) is 177 Å². The Kier molecular flexibility index (Phi) is 41.2. The van der Waals surface area contributed by atoms with Crippen LogP contribution in [0.25, 0.3) is 68.3 Å². The molecule has 13 rings (SSSR count). The SMILES string of the molecule is FC(F)(F)c1cc(C(F)(F)F)c(-c2ccccn2)[n-]1.FC(F)(F)c1cc(C(F)(F)F)c(-c2ccccn2)[n-]1.FC(F)(F)c1cc(C(F)(F)F)c(-c2ccccn2)[n-]1.FC(F)(F)c1cc(C(F)(F)F)c(-c2ccccn2)[n-]1.FC(F)(F)c1cc(C(F)(F)F)c(-c2ccccn2)[n-]1.FC(F)(F)c1cc(C(F)(F)F)c(-c2ccccn2)[n-]1.[Cu+].[Cu+].[Cu+].[Cu+].[Cu+].[Cu+].c1ccccc1. The van der Waals surface area contributed by atoms with Gasteiger partial charge in [0, 0.05) is 105 Å². The van der Waals surface area contributed by atoms with Crippen molar-refractivity contribution in [2.75, 3.05) is 0 Å². The van der Waals surface area contributed by atoms with Crippen LogP contribution in [0, 0.1) is 0 Å². The van der Waals surface area contributed by atoms with Crippen molar-refractivity contribution in [2.24, 2.45) is 0 Å². The molecule has 0 radical (unpaired) electrons. The first-order valence-electron chi connectivity index (χ1n) is 31.6. The third-order valence-electron chi connectivity index (χ3n) is 14.3. The molecule has 54 heteroatoms. The fourth-order valence-electron chi connectivity index (χ4n) is 9.25. The number of pyridine rings is 6. The van der Waals surface area contributed by atoms with Gasteiger partial charge in [-0.3, -0.25) is 29.9 Å². The molecule has 0 aliphatic rings.